The van der Waals surface area contributed by atoms with Crippen LogP contribution in [0.15, 0.2) is 24.3 Å². The molecule has 0 bridgehead atoms. The highest BCUT2D eigenvalue weighted by Gasteiger charge is 2.21. The summed E-state index contributed by atoms with van der Waals surface area (Å²) in [6, 6.07) is 7.80. The minimum Gasteiger partial charge on any atom is -0.494 e. The van der Waals surface area contributed by atoms with Crippen LogP contribution < -0.4 is 4.74 Å². The smallest absolute Gasteiger partial charge is 0.254 e. The Morgan fingerprint density at radius 2 is 1.63 bits per heavy atom. The molecule has 0 aliphatic rings. The summed E-state index contributed by atoms with van der Waals surface area (Å²) in [7, 11) is 0. The lowest BCUT2D eigenvalue weighted by molar-refractivity contribution is 0.0643. The van der Waals surface area contributed by atoms with Gasteiger partial charge in [0.25, 0.3) is 5.91 Å². The number of carbonyl (C=O) groups is 1. The molecule has 0 saturated carbocycles. The summed E-state index contributed by atoms with van der Waals surface area (Å²) in [4.78, 5) is 14.3. The predicted molar refractivity (Wildman–Crippen MR) is 78.7 cm³/mol. The number of hydrogen-bond acceptors (Lipinski definition) is 2. The van der Waals surface area contributed by atoms with Gasteiger partial charge in [0.2, 0.25) is 0 Å². The lowest BCUT2D eigenvalue weighted by Gasteiger charge is -2.30. The Bertz CT molecular complexity index is 388. The van der Waals surface area contributed by atoms with E-state index >= 15 is 0 Å². The van der Waals surface area contributed by atoms with Crippen LogP contribution >= 0.6 is 0 Å². The van der Waals surface area contributed by atoms with E-state index in [0.717, 1.165) is 12.2 Å². The normalized spacial score (nSPS) is 10.9. The fourth-order valence-electron chi connectivity index (χ4n) is 2.13. The first-order chi connectivity index (χ1) is 8.97. The minimum atomic E-state index is 0.0760. The van der Waals surface area contributed by atoms with Gasteiger partial charge in [0.1, 0.15) is 5.75 Å². The minimum absolute atomic E-state index is 0.0760. The summed E-state index contributed by atoms with van der Waals surface area (Å²) in [5, 5.41) is 0. The summed E-state index contributed by atoms with van der Waals surface area (Å²) in [5.74, 6) is 0.895. The molecule has 1 aromatic carbocycles. The maximum absolute atomic E-state index is 12.4. The molecule has 0 saturated heterocycles. The Labute approximate surface area is 116 Å². The molecule has 0 unspecified atom stereocenters. The Kier molecular flexibility index (Phi) is 5.87. The van der Waals surface area contributed by atoms with Gasteiger partial charge in [0.05, 0.1) is 6.61 Å². The van der Waals surface area contributed by atoms with Crippen molar-refractivity contribution in [1.29, 1.82) is 0 Å². The first-order valence-corrected chi connectivity index (χ1v) is 7.02. The standard InChI is InChI=1S/C16H25NO2/c1-6-11-19-15-9-7-14(8-10-15)16(18)17(12(2)3)13(4)5/h7-10,12-13H,6,11H2,1-5H3. The van der Waals surface area contributed by atoms with Gasteiger partial charge in [0.15, 0.2) is 0 Å². The molecule has 0 heterocycles. The molecule has 0 radical (unpaired) electrons. The Morgan fingerprint density at radius 3 is 2.05 bits per heavy atom. The molecule has 19 heavy (non-hydrogen) atoms. The van der Waals surface area contributed by atoms with Crippen LogP contribution in [0.3, 0.4) is 0 Å². The number of rotatable bonds is 6. The summed E-state index contributed by atoms with van der Waals surface area (Å²) < 4.78 is 5.52. The topological polar surface area (TPSA) is 29.5 Å². The zero-order valence-corrected chi connectivity index (χ0v) is 12.6. The summed E-state index contributed by atoms with van der Waals surface area (Å²) in [6.07, 6.45) is 0.981. The van der Waals surface area contributed by atoms with Crippen molar-refractivity contribution in [2.45, 2.75) is 53.1 Å². The van der Waals surface area contributed by atoms with E-state index in [4.69, 9.17) is 4.74 Å². The van der Waals surface area contributed by atoms with Crippen LogP contribution in [0.1, 0.15) is 51.4 Å². The number of amides is 1. The maximum Gasteiger partial charge on any atom is 0.254 e. The van der Waals surface area contributed by atoms with Gasteiger partial charge in [-0.25, -0.2) is 0 Å². The lowest BCUT2D eigenvalue weighted by atomic mass is 10.1. The van der Waals surface area contributed by atoms with E-state index in [1.54, 1.807) is 0 Å². The molecule has 0 aromatic heterocycles. The largest absolute Gasteiger partial charge is 0.494 e. The number of hydrogen-bond donors (Lipinski definition) is 0. The SMILES string of the molecule is CCCOc1ccc(C(=O)N(C(C)C)C(C)C)cc1. The van der Waals surface area contributed by atoms with Crippen LogP contribution in [0, 0.1) is 0 Å². The van der Waals surface area contributed by atoms with Gasteiger partial charge in [-0.2, -0.15) is 0 Å². The highest BCUT2D eigenvalue weighted by molar-refractivity contribution is 5.94. The number of benzene rings is 1. The molecular formula is C16H25NO2. The van der Waals surface area contributed by atoms with E-state index in [2.05, 4.69) is 6.92 Å². The first kappa shape index (κ1) is 15.5. The predicted octanol–water partition coefficient (Wildman–Crippen LogP) is 3.73. The molecule has 0 fully saturated rings. The molecule has 0 aliphatic carbocycles. The highest BCUT2D eigenvalue weighted by Crippen LogP contribution is 2.16. The maximum atomic E-state index is 12.4. The molecule has 1 amide bonds. The van der Waals surface area contributed by atoms with Crippen molar-refractivity contribution in [3.63, 3.8) is 0 Å². The third-order valence-electron chi connectivity index (χ3n) is 2.92. The van der Waals surface area contributed by atoms with Crippen molar-refractivity contribution < 1.29 is 9.53 Å². The van der Waals surface area contributed by atoms with Crippen LogP contribution in [0.25, 0.3) is 0 Å². The van der Waals surface area contributed by atoms with Crippen LogP contribution in [0.2, 0.25) is 0 Å². The van der Waals surface area contributed by atoms with Gasteiger partial charge in [-0.3, -0.25) is 4.79 Å². The van der Waals surface area contributed by atoms with E-state index in [9.17, 15) is 4.79 Å². The fraction of sp³-hybridized carbons (Fsp3) is 0.562. The van der Waals surface area contributed by atoms with E-state index in [0.29, 0.717) is 12.2 Å². The molecule has 3 heteroatoms. The van der Waals surface area contributed by atoms with Crippen LogP contribution in [-0.4, -0.2) is 29.5 Å². The van der Waals surface area contributed by atoms with Crippen LogP contribution in [-0.2, 0) is 0 Å². The van der Waals surface area contributed by atoms with Gasteiger partial charge in [0, 0.05) is 17.6 Å². The average molecular weight is 263 g/mol. The van der Waals surface area contributed by atoms with Crippen molar-refractivity contribution >= 4 is 5.91 Å². The second-order valence-corrected chi connectivity index (χ2v) is 5.27. The lowest BCUT2D eigenvalue weighted by Crippen LogP contribution is -2.42. The van der Waals surface area contributed by atoms with Crippen molar-refractivity contribution in [2.75, 3.05) is 6.61 Å². The summed E-state index contributed by atoms with van der Waals surface area (Å²) in [5.41, 5.74) is 0.714. The van der Waals surface area contributed by atoms with E-state index < -0.39 is 0 Å². The fourth-order valence-corrected chi connectivity index (χ4v) is 2.13. The van der Waals surface area contributed by atoms with Crippen molar-refractivity contribution in [3.05, 3.63) is 29.8 Å². The third-order valence-corrected chi connectivity index (χ3v) is 2.92. The molecule has 3 nitrogen and oxygen atoms in total. The molecule has 0 N–H and O–H groups in total. The number of ether oxygens (including phenoxy) is 1. The van der Waals surface area contributed by atoms with Crippen LogP contribution in [0.5, 0.6) is 5.75 Å². The van der Waals surface area contributed by atoms with E-state index in [-0.39, 0.29) is 18.0 Å². The van der Waals surface area contributed by atoms with Gasteiger partial charge < -0.3 is 9.64 Å². The molecule has 1 rings (SSSR count). The Morgan fingerprint density at radius 1 is 1.11 bits per heavy atom. The molecule has 0 spiro atoms. The molecular weight excluding hydrogens is 238 g/mol. The molecule has 0 aliphatic heterocycles. The number of carbonyl (C=O) groups excluding carboxylic acids is 1. The van der Waals surface area contributed by atoms with Crippen molar-refractivity contribution in [1.82, 2.24) is 4.90 Å². The monoisotopic (exact) mass is 263 g/mol. The van der Waals surface area contributed by atoms with Crippen LogP contribution in [0.4, 0.5) is 0 Å². The van der Waals surface area contributed by atoms with Gasteiger partial charge in [-0.05, 0) is 58.4 Å². The zero-order valence-electron chi connectivity index (χ0n) is 12.6. The summed E-state index contributed by atoms with van der Waals surface area (Å²) >= 11 is 0. The average Bonchev–Trinajstić information content (AvgIpc) is 2.36. The number of nitrogens with zero attached hydrogens (tertiary/aromatic N) is 1. The van der Waals surface area contributed by atoms with E-state index in [1.165, 1.54) is 0 Å². The summed E-state index contributed by atoms with van der Waals surface area (Å²) in [6.45, 7) is 10.9. The Balaban J connectivity index is 2.82. The van der Waals surface area contributed by atoms with Gasteiger partial charge in [-0.1, -0.05) is 6.92 Å². The van der Waals surface area contributed by atoms with Gasteiger partial charge in [-0.15, -0.1) is 0 Å². The quantitative estimate of drug-likeness (QED) is 0.782. The molecule has 0 atom stereocenters. The van der Waals surface area contributed by atoms with Crippen molar-refractivity contribution in [3.8, 4) is 5.75 Å². The second-order valence-electron chi connectivity index (χ2n) is 5.27. The highest BCUT2D eigenvalue weighted by atomic mass is 16.5. The third kappa shape index (κ3) is 4.27. The van der Waals surface area contributed by atoms with E-state index in [1.807, 2.05) is 56.9 Å². The van der Waals surface area contributed by atoms with Crippen molar-refractivity contribution in [2.24, 2.45) is 0 Å². The Hall–Kier alpha value is -1.51. The second kappa shape index (κ2) is 7.17. The zero-order chi connectivity index (χ0) is 14.4. The molecule has 1 aromatic rings. The molecule has 106 valence electrons. The first-order valence-electron chi connectivity index (χ1n) is 7.02. The van der Waals surface area contributed by atoms with Gasteiger partial charge >= 0.3 is 0 Å².